The molecular weight excluding hydrogens is 258 g/mol. The maximum atomic E-state index is 4.57. The first-order valence-electron chi connectivity index (χ1n) is 4.65. The summed E-state index contributed by atoms with van der Waals surface area (Å²) in [5.41, 5.74) is 2.83. The number of benzene rings is 1. The Morgan fingerprint density at radius 2 is 2.19 bits per heavy atom. The van der Waals surface area contributed by atoms with E-state index in [0.29, 0.717) is 0 Å². The highest BCUT2D eigenvalue weighted by atomic mass is 32.2. The van der Waals surface area contributed by atoms with E-state index in [-0.39, 0.29) is 0 Å². The molecule has 2 heterocycles. The highest BCUT2D eigenvalue weighted by molar-refractivity contribution is 8.00. The van der Waals surface area contributed by atoms with Gasteiger partial charge in [-0.15, -0.1) is 21.5 Å². The highest BCUT2D eigenvalue weighted by Crippen LogP contribution is 2.28. The van der Waals surface area contributed by atoms with E-state index in [4.69, 9.17) is 0 Å². The van der Waals surface area contributed by atoms with Gasteiger partial charge in [0.1, 0.15) is 10.5 Å². The van der Waals surface area contributed by atoms with E-state index in [2.05, 4.69) is 21.2 Å². The lowest BCUT2D eigenvalue weighted by molar-refractivity contribution is 1.01. The Morgan fingerprint density at radius 3 is 3.00 bits per heavy atom. The molecule has 0 aliphatic rings. The van der Waals surface area contributed by atoms with Crippen LogP contribution in [0.25, 0.3) is 10.2 Å². The van der Waals surface area contributed by atoms with E-state index < -0.39 is 0 Å². The van der Waals surface area contributed by atoms with Crippen LogP contribution in [-0.2, 0) is 5.75 Å². The Kier molecular flexibility index (Phi) is 2.86. The normalized spacial score (nSPS) is 11.0. The molecule has 0 fully saturated rings. The number of thioether (sulfide) groups is 1. The zero-order chi connectivity index (χ0) is 10.8. The summed E-state index contributed by atoms with van der Waals surface area (Å²) in [6.45, 7) is 0. The van der Waals surface area contributed by atoms with Crippen LogP contribution >= 0.6 is 34.4 Å². The first-order valence-corrected chi connectivity index (χ1v) is 7.33. The van der Waals surface area contributed by atoms with Crippen molar-refractivity contribution >= 4 is 44.7 Å². The third-order valence-corrected chi connectivity index (χ3v) is 5.09. The monoisotopic (exact) mass is 265 g/mol. The lowest BCUT2D eigenvalue weighted by atomic mass is 10.3. The molecule has 16 heavy (non-hydrogen) atoms. The molecule has 0 unspecified atom stereocenters. The lowest BCUT2D eigenvalue weighted by Crippen LogP contribution is -1.77. The predicted octanol–water partition coefficient (Wildman–Crippen LogP) is 3.44. The van der Waals surface area contributed by atoms with Crippen molar-refractivity contribution in [2.45, 2.75) is 10.1 Å². The first kappa shape index (κ1) is 10.2. The van der Waals surface area contributed by atoms with Crippen molar-refractivity contribution in [1.29, 1.82) is 0 Å². The van der Waals surface area contributed by atoms with Crippen molar-refractivity contribution < 1.29 is 0 Å². The zero-order valence-corrected chi connectivity index (χ0v) is 10.6. The minimum Gasteiger partial charge on any atom is -0.240 e. The van der Waals surface area contributed by atoms with E-state index in [1.165, 1.54) is 4.70 Å². The van der Waals surface area contributed by atoms with E-state index in [0.717, 1.165) is 20.6 Å². The van der Waals surface area contributed by atoms with Crippen molar-refractivity contribution in [3.05, 3.63) is 34.8 Å². The second-order valence-electron chi connectivity index (χ2n) is 3.07. The molecule has 1 aromatic carbocycles. The second kappa shape index (κ2) is 4.48. The van der Waals surface area contributed by atoms with Crippen LogP contribution < -0.4 is 0 Å². The number of aromatic nitrogens is 3. The van der Waals surface area contributed by atoms with Crippen molar-refractivity contribution in [3.63, 3.8) is 0 Å². The number of hydrogen-bond donors (Lipinski definition) is 0. The average Bonchev–Trinajstić information content (AvgIpc) is 2.95. The van der Waals surface area contributed by atoms with Crippen molar-refractivity contribution in [2.75, 3.05) is 0 Å². The topological polar surface area (TPSA) is 38.7 Å². The summed E-state index contributed by atoms with van der Waals surface area (Å²) in [6, 6.07) is 8.21. The number of thiazole rings is 1. The van der Waals surface area contributed by atoms with Gasteiger partial charge in [-0.2, -0.15) is 0 Å². The summed E-state index contributed by atoms with van der Waals surface area (Å²) in [5, 5.41) is 8.94. The molecule has 0 amide bonds. The van der Waals surface area contributed by atoms with Gasteiger partial charge in [0, 0.05) is 0 Å². The van der Waals surface area contributed by atoms with E-state index >= 15 is 0 Å². The van der Waals surface area contributed by atoms with Crippen LogP contribution in [0.1, 0.15) is 5.01 Å². The molecule has 0 aliphatic carbocycles. The molecule has 3 nitrogen and oxygen atoms in total. The van der Waals surface area contributed by atoms with Crippen LogP contribution in [0.4, 0.5) is 0 Å². The molecule has 3 aromatic rings. The molecule has 0 spiro atoms. The molecule has 80 valence electrons. The van der Waals surface area contributed by atoms with Gasteiger partial charge < -0.3 is 0 Å². The molecule has 6 heteroatoms. The number of fused-ring (bicyclic) bond motifs is 1. The number of nitrogens with zero attached hydrogens (tertiary/aromatic N) is 3. The fourth-order valence-corrected chi connectivity index (χ4v) is 3.78. The molecule has 2 aromatic heterocycles. The largest absolute Gasteiger partial charge is 0.240 e. The maximum absolute atomic E-state index is 4.57. The highest BCUT2D eigenvalue weighted by Gasteiger charge is 2.05. The average molecular weight is 265 g/mol. The third-order valence-electron chi connectivity index (χ3n) is 2.00. The third kappa shape index (κ3) is 2.09. The Morgan fingerprint density at radius 1 is 1.25 bits per heavy atom. The van der Waals surface area contributed by atoms with Crippen LogP contribution in [0.5, 0.6) is 0 Å². The fourth-order valence-electron chi connectivity index (χ4n) is 1.33. The van der Waals surface area contributed by atoms with Gasteiger partial charge in [-0.1, -0.05) is 35.2 Å². The molecule has 0 saturated heterocycles. The summed E-state index contributed by atoms with van der Waals surface area (Å²) in [4.78, 5) is 4.57. The maximum Gasteiger partial charge on any atom is 0.174 e. The molecule has 0 saturated carbocycles. The van der Waals surface area contributed by atoms with Crippen molar-refractivity contribution in [3.8, 4) is 0 Å². The molecule has 0 aliphatic heterocycles. The van der Waals surface area contributed by atoms with Crippen LogP contribution in [0.15, 0.2) is 34.1 Å². The number of hydrogen-bond acceptors (Lipinski definition) is 6. The fraction of sp³-hybridized carbons (Fsp3) is 0.100. The van der Waals surface area contributed by atoms with Crippen LogP contribution in [0, 0.1) is 0 Å². The van der Waals surface area contributed by atoms with Gasteiger partial charge in [0.05, 0.1) is 16.0 Å². The van der Waals surface area contributed by atoms with Crippen molar-refractivity contribution in [2.24, 2.45) is 0 Å². The van der Waals surface area contributed by atoms with Crippen LogP contribution in [-0.4, -0.2) is 15.2 Å². The molecule has 0 bridgehead atoms. The van der Waals surface area contributed by atoms with Gasteiger partial charge in [-0.05, 0) is 12.1 Å². The smallest absolute Gasteiger partial charge is 0.174 e. The minimum atomic E-state index is 0.870. The van der Waals surface area contributed by atoms with Gasteiger partial charge in [0.2, 0.25) is 0 Å². The summed E-state index contributed by atoms with van der Waals surface area (Å²) < 4.78 is 2.25. The van der Waals surface area contributed by atoms with Gasteiger partial charge in [0.15, 0.2) is 4.34 Å². The Balaban J connectivity index is 1.79. The van der Waals surface area contributed by atoms with Crippen molar-refractivity contribution in [1.82, 2.24) is 15.2 Å². The van der Waals surface area contributed by atoms with E-state index in [1.54, 1.807) is 39.9 Å². The summed E-state index contributed by atoms with van der Waals surface area (Å²) in [6.07, 6.45) is 0. The summed E-state index contributed by atoms with van der Waals surface area (Å²) in [5.74, 6) is 0.870. The quantitative estimate of drug-likeness (QED) is 0.680. The summed E-state index contributed by atoms with van der Waals surface area (Å²) in [7, 11) is 0. The Bertz CT molecular complexity index is 555. The standard InChI is InChI=1S/C10H7N3S3/c1-2-4-8-7(3-1)12-9(16-8)5-14-10-13-11-6-15-10/h1-4,6H,5H2. The Labute approximate surface area is 105 Å². The lowest BCUT2D eigenvalue weighted by Gasteiger charge is -1.90. The SMILES string of the molecule is c1ccc2sc(CSc3nncs3)nc2c1. The van der Waals surface area contributed by atoms with Crippen LogP contribution in [0.3, 0.4) is 0 Å². The number of para-hydroxylation sites is 1. The molecule has 0 atom stereocenters. The first-order chi connectivity index (χ1) is 7.92. The number of rotatable bonds is 3. The van der Waals surface area contributed by atoms with Gasteiger partial charge in [0.25, 0.3) is 0 Å². The van der Waals surface area contributed by atoms with Gasteiger partial charge in [-0.3, -0.25) is 0 Å². The second-order valence-corrected chi connectivity index (χ2v) is 6.24. The predicted molar refractivity (Wildman–Crippen MR) is 69.1 cm³/mol. The van der Waals surface area contributed by atoms with E-state index in [1.807, 2.05) is 18.2 Å². The Hall–Kier alpha value is -0.980. The molecular formula is C10H7N3S3. The zero-order valence-electron chi connectivity index (χ0n) is 8.16. The molecule has 0 radical (unpaired) electrons. The summed E-state index contributed by atoms with van der Waals surface area (Å²) >= 11 is 5.00. The van der Waals surface area contributed by atoms with Crippen LogP contribution in [0.2, 0.25) is 0 Å². The van der Waals surface area contributed by atoms with Gasteiger partial charge in [-0.25, -0.2) is 4.98 Å². The minimum absolute atomic E-state index is 0.870. The molecule has 0 N–H and O–H groups in total. The van der Waals surface area contributed by atoms with Gasteiger partial charge >= 0.3 is 0 Å². The molecule has 3 rings (SSSR count). The van der Waals surface area contributed by atoms with E-state index in [9.17, 15) is 0 Å².